The summed E-state index contributed by atoms with van der Waals surface area (Å²) in [6.45, 7) is 4.70. The van der Waals surface area contributed by atoms with E-state index in [-0.39, 0.29) is 23.5 Å². The third-order valence-corrected chi connectivity index (χ3v) is 6.82. The van der Waals surface area contributed by atoms with Crippen LogP contribution in [0.4, 0.5) is 4.39 Å². The first-order valence-electron chi connectivity index (χ1n) is 10.0. The molecule has 1 fully saturated rings. The minimum absolute atomic E-state index is 0.0342. The summed E-state index contributed by atoms with van der Waals surface area (Å²) in [4.78, 5) is 12.7. The van der Waals surface area contributed by atoms with Gasteiger partial charge in [-0.1, -0.05) is 12.1 Å². The van der Waals surface area contributed by atoms with Gasteiger partial charge < -0.3 is 10.1 Å². The van der Waals surface area contributed by atoms with Crippen molar-refractivity contribution in [3.05, 3.63) is 59.9 Å². The molecule has 3 rings (SSSR count). The quantitative estimate of drug-likeness (QED) is 0.725. The second-order valence-corrected chi connectivity index (χ2v) is 9.63. The average molecular weight is 435 g/mol. The monoisotopic (exact) mass is 434 g/mol. The molecule has 30 heavy (non-hydrogen) atoms. The highest BCUT2D eigenvalue weighted by atomic mass is 32.2. The lowest BCUT2D eigenvalue weighted by atomic mass is 9.99. The van der Waals surface area contributed by atoms with Crippen LogP contribution in [0.2, 0.25) is 0 Å². The molecule has 6 nitrogen and oxygen atoms in total. The zero-order valence-corrected chi connectivity index (χ0v) is 18.0. The molecule has 0 unspecified atom stereocenters. The summed E-state index contributed by atoms with van der Waals surface area (Å²) >= 11 is 0. The average Bonchev–Trinajstić information content (AvgIpc) is 2.72. The SMILES string of the molecule is CC(C)Oc1cccc(CNC(=O)[C@@H]2CCCN(S(=O)(=O)c3ccc(F)cc3)C2)c1. The Kier molecular flexibility index (Phi) is 7.10. The van der Waals surface area contributed by atoms with Crippen LogP contribution in [0.5, 0.6) is 5.75 Å². The first-order valence-corrected chi connectivity index (χ1v) is 11.5. The van der Waals surface area contributed by atoms with Crippen LogP contribution >= 0.6 is 0 Å². The Morgan fingerprint density at radius 1 is 1.23 bits per heavy atom. The standard InChI is InChI=1S/C22H27FN2O4S/c1-16(2)29-20-7-3-5-17(13-20)14-24-22(26)18-6-4-12-25(15-18)30(27,28)21-10-8-19(23)9-11-21/h3,5,7-11,13,16,18H,4,6,12,14-15H2,1-2H3,(H,24,26)/t18-/m1/s1. The summed E-state index contributed by atoms with van der Waals surface area (Å²) in [6, 6.07) is 12.3. The number of sulfonamides is 1. The molecule has 0 bridgehead atoms. The fourth-order valence-electron chi connectivity index (χ4n) is 3.46. The van der Waals surface area contributed by atoms with Gasteiger partial charge in [-0.05, 0) is 68.7 Å². The number of carbonyl (C=O) groups excluding carboxylic acids is 1. The molecule has 0 aromatic heterocycles. The lowest BCUT2D eigenvalue weighted by Crippen LogP contribution is -2.45. The van der Waals surface area contributed by atoms with Gasteiger partial charge in [0, 0.05) is 19.6 Å². The van der Waals surface area contributed by atoms with Crippen LogP contribution in [0.15, 0.2) is 53.4 Å². The predicted octanol–water partition coefficient (Wildman–Crippen LogP) is 3.33. The molecule has 1 aliphatic rings. The molecular weight excluding hydrogens is 407 g/mol. The van der Waals surface area contributed by atoms with E-state index < -0.39 is 21.8 Å². The Morgan fingerprint density at radius 2 is 1.97 bits per heavy atom. The number of piperidine rings is 1. The number of nitrogens with one attached hydrogen (secondary N) is 1. The van der Waals surface area contributed by atoms with Gasteiger partial charge in [0.15, 0.2) is 0 Å². The fourth-order valence-corrected chi connectivity index (χ4v) is 4.99. The second-order valence-electron chi connectivity index (χ2n) is 7.69. The zero-order chi connectivity index (χ0) is 21.7. The highest BCUT2D eigenvalue weighted by Crippen LogP contribution is 2.24. The zero-order valence-electron chi connectivity index (χ0n) is 17.2. The number of halogens is 1. The van der Waals surface area contributed by atoms with E-state index in [1.54, 1.807) is 0 Å². The van der Waals surface area contributed by atoms with Crippen LogP contribution < -0.4 is 10.1 Å². The molecule has 0 radical (unpaired) electrons. The summed E-state index contributed by atoms with van der Waals surface area (Å²) in [5, 5.41) is 2.90. The summed E-state index contributed by atoms with van der Waals surface area (Å²) in [6.07, 6.45) is 1.28. The van der Waals surface area contributed by atoms with E-state index >= 15 is 0 Å². The number of carbonyl (C=O) groups is 1. The molecular formula is C22H27FN2O4S. The number of benzene rings is 2. The lowest BCUT2D eigenvalue weighted by Gasteiger charge is -2.31. The van der Waals surface area contributed by atoms with E-state index in [1.807, 2.05) is 38.1 Å². The first kappa shape index (κ1) is 22.2. The van der Waals surface area contributed by atoms with Crippen molar-refractivity contribution in [2.45, 2.75) is 44.2 Å². The van der Waals surface area contributed by atoms with Crippen LogP contribution in [0.3, 0.4) is 0 Å². The number of rotatable bonds is 7. The molecule has 8 heteroatoms. The largest absolute Gasteiger partial charge is 0.491 e. The Hall–Kier alpha value is -2.45. The predicted molar refractivity (Wildman–Crippen MR) is 112 cm³/mol. The summed E-state index contributed by atoms with van der Waals surface area (Å²) in [7, 11) is -3.76. The van der Waals surface area contributed by atoms with E-state index in [2.05, 4.69) is 5.32 Å². The van der Waals surface area contributed by atoms with Crippen LogP contribution in [0.25, 0.3) is 0 Å². The molecule has 1 amide bonds. The maximum absolute atomic E-state index is 13.1. The van der Waals surface area contributed by atoms with Gasteiger partial charge in [-0.3, -0.25) is 4.79 Å². The first-order chi connectivity index (χ1) is 14.3. The van der Waals surface area contributed by atoms with Crippen LogP contribution in [-0.4, -0.2) is 37.8 Å². The molecule has 1 atom stereocenters. The molecule has 0 aliphatic carbocycles. The second kappa shape index (κ2) is 9.57. The van der Waals surface area contributed by atoms with Crippen molar-refractivity contribution in [2.75, 3.05) is 13.1 Å². The van der Waals surface area contributed by atoms with Crippen molar-refractivity contribution in [2.24, 2.45) is 5.92 Å². The summed E-state index contributed by atoms with van der Waals surface area (Å²) in [5.74, 6) is -0.355. The molecule has 0 saturated carbocycles. The van der Waals surface area contributed by atoms with Crippen LogP contribution in [-0.2, 0) is 21.4 Å². The third-order valence-electron chi connectivity index (χ3n) is 4.94. The van der Waals surface area contributed by atoms with Gasteiger partial charge in [0.1, 0.15) is 11.6 Å². The smallest absolute Gasteiger partial charge is 0.243 e. The highest BCUT2D eigenvalue weighted by molar-refractivity contribution is 7.89. The van der Waals surface area contributed by atoms with E-state index in [1.165, 1.54) is 16.4 Å². The molecule has 2 aromatic carbocycles. The topological polar surface area (TPSA) is 75.7 Å². The number of hydrogen-bond donors (Lipinski definition) is 1. The Labute approximate surface area is 177 Å². The molecule has 0 spiro atoms. The lowest BCUT2D eigenvalue weighted by molar-refractivity contribution is -0.126. The molecule has 1 heterocycles. The molecule has 1 aliphatic heterocycles. The number of nitrogens with zero attached hydrogens (tertiary/aromatic N) is 1. The maximum atomic E-state index is 13.1. The number of hydrogen-bond acceptors (Lipinski definition) is 4. The van der Waals surface area contributed by atoms with Crippen molar-refractivity contribution in [3.63, 3.8) is 0 Å². The van der Waals surface area contributed by atoms with E-state index in [0.717, 1.165) is 23.4 Å². The van der Waals surface area contributed by atoms with Crippen molar-refractivity contribution in [1.29, 1.82) is 0 Å². The van der Waals surface area contributed by atoms with E-state index in [9.17, 15) is 17.6 Å². The number of amides is 1. The van der Waals surface area contributed by atoms with Crippen molar-refractivity contribution >= 4 is 15.9 Å². The van der Waals surface area contributed by atoms with Gasteiger partial charge in [0.25, 0.3) is 0 Å². The van der Waals surface area contributed by atoms with Gasteiger partial charge in [-0.2, -0.15) is 4.31 Å². The molecule has 1 N–H and O–H groups in total. The van der Waals surface area contributed by atoms with E-state index in [4.69, 9.17) is 4.74 Å². The molecule has 2 aromatic rings. The van der Waals surface area contributed by atoms with Crippen molar-refractivity contribution in [1.82, 2.24) is 9.62 Å². The third kappa shape index (κ3) is 5.58. The summed E-state index contributed by atoms with van der Waals surface area (Å²) < 4.78 is 45.8. The van der Waals surface area contributed by atoms with Crippen molar-refractivity contribution < 1.29 is 22.3 Å². The minimum Gasteiger partial charge on any atom is -0.491 e. The normalized spacial score (nSPS) is 17.7. The summed E-state index contributed by atoms with van der Waals surface area (Å²) in [5.41, 5.74) is 0.910. The van der Waals surface area contributed by atoms with Gasteiger partial charge in [0.05, 0.1) is 16.9 Å². The fraction of sp³-hybridized carbons (Fsp3) is 0.409. The highest BCUT2D eigenvalue weighted by Gasteiger charge is 2.33. The minimum atomic E-state index is -3.76. The number of ether oxygens (including phenoxy) is 1. The van der Waals surface area contributed by atoms with Gasteiger partial charge in [-0.15, -0.1) is 0 Å². The van der Waals surface area contributed by atoms with Gasteiger partial charge in [-0.25, -0.2) is 12.8 Å². The molecule has 1 saturated heterocycles. The molecule has 162 valence electrons. The van der Waals surface area contributed by atoms with Crippen LogP contribution in [0.1, 0.15) is 32.3 Å². The van der Waals surface area contributed by atoms with Crippen molar-refractivity contribution in [3.8, 4) is 5.75 Å². The van der Waals surface area contributed by atoms with Crippen LogP contribution in [0, 0.1) is 11.7 Å². The van der Waals surface area contributed by atoms with E-state index in [0.29, 0.717) is 25.9 Å². The maximum Gasteiger partial charge on any atom is 0.243 e. The van der Waals surface area contributed by atoms with Gasteiger partial charge >= 0.3 is 0 Å². The van der Waals surface area contributed by atoms with Gasteiger partial charge in [0.2, 0.25) is 15.9 Å². The Morgan fingerprint density at radius 3 is 2.67 bits per heavy atom. The Bertz CT molecular complexity index is 977. The Balaban J connectivity index is 1.61.